The number of benzene rings is 2. The fourth-order valence-electron chi connectivity index (χ4n) is 4.62. The number of rotatable bonds is 9. The molecule has 3 rings (SSSR count). The SMILES string of the molecule is CC(C)CC1NC(=O)C(Cc2ccccc2)N(C(CCc2ccccc2)C(=O)NC(C)(C)C)C1=O. The lowest BCUT2D eigenvalue weighted by atomic mass is 9.92. The standard InChI is InChI=1S/C29H39N3O3/c1-20(2)18-23-28(35)32(25(26(33)30-23)19-22-14-10-7-11-15-22)24(27(34)31-29(3,4)5)17-16-21-12-8-6-9-13-21/h6-15,20,23-25H,16-19H2,1-5H3,(H,30,33)(H,31,34). The Bertz CT molecular complexity index is 999. The van der Waals surface area contributed by atoms with E-state index in [0.717, 1.165) is 11.1 Å². The van der Waals surface area contributed by atoms with Crippen LogP contribution in [0.1, 0.15) is 58.6 Å². The number of aryl methyl sites for hydroxylation is 1. The molecular formula is C29H39N3O3. The van der Waals surface area contributed by atoms with Gasteiger partial charge < -0.3 is 15.5 Å². The Labute approximate surface area is 209 Å². The van der Waals surface area contributed by atoms with Crippen molar-refractivity contribution < 1.29 is 14.4 Å². The lowest BCUT2D eigenvalue weighted by Gasteiger charge is -2.44. The van der Waals surface area contributed by atoms with Crippen LogP contribution in [-0.2, 0) is 27.2 Å². The van der Waals surface area contributed by atoms with Gasteiger partial charge in [-0.15, -0.1) is 0 Å². The number of carbonyl (C=O) groups is 3. The first kappa shape index (κ1) is 26.5. The summed E-state index contributed by atoms with van der Waals surface area (Å²) in [7, 11) is 0. The molecule has 1 saturated heterocycles. The number of hydrogen-bond acceptors (Lipinski definition) is 3. The highest BCUT2D eigenvalue weighted by Crippen LogP contribution is 2.24. The van der Waals surface area contributed by atoms with Crippen LogP contribution in [0.3, 0.4) is 0 Å². The lowest BCUT2D eigenvalue weighted by molar-refractivity contribution is -0.156. The van der Waals surface area contributed by atoms with Gasteiger partial charge in [-0.3, -0.25) is 14.4 Å². The molecule has 0 radical (unpaired) electrons. The van der Waals surface area contributed by atoms with Gasteiger partial charge in [0.2, 0.25) is 17.7 Å². The van der Waals surface area contributed by atoms with Gasteiger partial charge in [0.05, 0.1) is 0 Å². The second kappa shape index (κ2) is 11.5. The number of nitrogens with one attached hydrogen (secondary N) is 2. The highest BCUT2D eigenvalue weighted by Gasteiger charge is 2.46. The van der Waals surface area contributed by atoms with E-state index < -0.39 is 23.7 Å². The van der Waals surface area contributed by atoms with Gasteiger partial charge in [0.15, 0.2) is 0 Å². The van der Waals surface area contributed by atoms with E-state index in [0.29, 0.717) is 25.7 Å². The summed E-state index contributed by atoms with van der Waals surface area (Å²) in [5.74, 6) is -0.380. The zero-order valence-electron chi connectivity index (χ0n) is 21.6. The summed E-state index contributed by atoms with van der Waals surface area (Å²) < 4.78 is 0. The smallest absolute Gasteiger partial charge is 0.246 e. The molecular weight excluding hydrogens is 438 g/mol. The maximum Gasteiger partial charge on any atom is 0.246 e. The number of hydrogen-bond donors (Lipinski definition) is 2. The van der Waals surface area contributed by atoms with E-state index in [1.807, 2.05) is 95.3 Å². The summed E-state index contributed by atoms with van der Waals surface area (Å²) in [6.07, 6.45) is 1.95. The summed E-state index contributed by atoms with van der Waals surface area (Å²) in [4.78, 5) is 42.5. The van der Waals surface area contributed by atoms with Crippen molar-refractivity contribution in [2.24, 2.45) is 5.92 Å². The van der Waals surface area contributed by atoms with E-state index in [-0.39, 0.29) is 23.6 Å². The quantitative estimate of drug-likeness (QED) is 0.575. The Balaban J connectivity index is 1.99. The number of piperazine rings is 1. The van der Waals surface area contributed by atoms with Gasteiger partial charge in [-0.2, -0.15) is 0 Å². The molecule has 6 nitrogen and oxygen atoms in total. The third kappa shape index (κ3) is 7.41. The van der Waals surface area contributed by atoms with Crippen LogP contribution in [0.5, 0.6) is 0 Å². The highest BCUT2D eigenvalue weighted by molar-refractivity contribution is 6.00. The molecule has 0 aliphatic carbocycles. The minimum absolute atomic E-state index is 0.179. The van der Waals surface area contributed by atoms with E-state index in [1.165, 1.54) is 0 Å². The molecule has 1 aliphatic rings. The maximum absolute atomic E-state index is 13.9. The van der Waals surface area contributed by atoms with Gasteiger partial charge in [-0.1, -0.05) is 74.5 Å². The van der Waals surface area contributed by atoms with E-state index >= 15 is 0 Å². The predicted octanol–water partition coefficient (Wildman–Crippen LogP) is 3.89. The van der Waals surface area contributed by atoms with Gasteiger partial charge in [0, 0.05) is 12.0 Å². The molecule has 3 amide bonds. The van der Waals surface area contributed by atoms with Gasteiger partial charge in [0.25, 0.3) is 0 Å². The maximum atomic E-state index is 13.9. The molecule has 0 spiro atoms. The van der Waals surface area contributed by atoms with Gasteiger partial charge >= 0.3 is 0 Å². The molecule has 0 aromatic heterocycles. The minimum atomic E-state index is -0.753. The molecule has 2 aromatic carbocycles. The number of carbonyl (C=O) groups excluding carboxylic acids is 3. The van der Waals surface area contributed by atoms with Crippen molar-refractivity contribution in [1.29, 1.82) is 0 Å². The van der Waals surface area contributed by atoms with Crippen LogP contribution >= 0.6 is 0 Å². The van der Waals surface area contributed by atoms with Crippen molar-refractivity contribution >= 4 is 17.7 Å². The van der Waals surface area contributed by atoms with Crippen LogP contribution in [0.2, 0.25) is 0 Å². The van der Waals surface area contributed by atoms with Crippen LogP contribution in [0, 0.1) is 5.92 Å². The van der Waals surface area contributed by atoms with E-state index in [4.69, 9.17) is 0 Å². The first-order chi connectivity index (χ1) is 16.5. The molecule has 6 heteroatoms. The first-order valence-corrected chi connectivity index (χ1v) is 12.6. The lowest BCUT2D eigenvalue weighted by Crippen LogP contribution is -2.69. The second-order valence-corrected chi connectivity index (χ2v) is 10.9. The predicted molar refractivity (Wildman–Crippen MR) is 139 cm³/mol. The monoisotopic (exact) mass is 477 g/mol. The third-order valence-corrected chi connectivity index (χ3v) is 6.17. The summed E-state index contributed by atoms with van der Waals surface area (Å²) in [5.41, 5.74) is 1.58. The van der Waals surface area contributed by atoms with Crippen molar-refractivity contribution in [2.75, 3.05) is 0 Å². The summed E-state index contributed by atoms with van der Waals surface area (Å²) >= 11 is 0. The van der Waals surface area contributed by atoms with Gasteiger partial charge in [-0.05, 0) is 57.1 Å². The van der Waals surface area contributed by atoms with Crippen LogP contribution < -0.4 is 10.6 Å². The molecule has 2 aromatic rings. The summed E-state index contributed by atoms with van der Waals surface area (Å²) in [5, 5.41) is 6.02. The fraction of sp³-hybridized carbons (Fsp3) is 0.483. The van der Waals surface area contributed by atoms with Gasteiger partial charge in [-0.25, -0.2) is 0 Å². The first-order valence-electron chi connectivity index (χ1n) is 12.6. The van der Waals surface area contributed by atoms with Crippen LogP contribution in [0.15, 0.2) is 60.7 Å². The molecule has 1 fully saturated rings. The van der Waals surface area contributed by atoms with Crippen molar-refractivity contribution in [3.05, 3.63) is 71.8 Å². The van der Waals surface area contributed by atoms with E-state index in [2.05, 4.69) is 10.6 Å². The largest absolute Gasteiger partial charge is 0.350 e. The minimum Gasteiger partial charge on any atom is -0.350 e. The number of amides is 3. The van der Waals surface area contributed by atoms with E-state index in [9.17, 15) is 14.4 Å². The fourth-order valence-corrected chi connectivity index (χ4v) is 4.62. The van der Waals surface area contributed by atoms with Crippen molar-refractivity contribution in [2.45, 2.75) is 84.0 Å². The molecule has 35 heavy (non-hydrogen) atoms. The molecule has 3 unspecified atom stereocenters. The molecule has 1 heterocycles. The van der Waals surface area contributed by atoms with E-state index in [1.54, 1.807) is 4.90 Å². The van der Waals surface area contributed by atoms with Gasteiger partial charge in [0.1, 0.15) is 18.1 Å². The Morgan fingerprint density at radius 3 is 2.09 bits per heavy atom. The van der Waals surface area contributed by atoms with Crippen molar-refractivity contribution in [3.8, 4) is 0 Å². The molecule has 0 bridgehead atoms. The molecule has 1 aliphatic heterocycles. The topological polar surface area (TPSA) is 78.5 Å². The Hall–Kier alpha value is -3.15. The average Bonchev–Trinajstić information content (AvgIpc) is 2.78. The third-order valence-electron chi connectivity index (χ3n) is 6.17. The average molecular weight is 478 g/mol. The van der Waals surface area contributed by atoms with Crippen LogP contribution in [0.25, 0.3) is 0 Å². The molecule has 0 saturated carbocycles. The normalized spacial score (nSPS) is 19.4. The summed E-state index contributed by atoms with van der Waals surface area (Å²) in [6.45, 7) is 9.82. The van der Waals surface area contributed by atoms with Crippen molar-refractivity contribution in [3.63, 3.8) is 0 Å². The Kier molecular flexibility index (Phi) is 8.71. The van der Waals surface area contributed by atoms with Crippen LogP contribution in [0.4, 0.5) is 0 Å². The molecule has 3 atom stereocenters. The second-order valence-electron chi connectivity index (χ2n) is 10.9. The molecule has 2 N–H and O–H groups in total. The zero-order chi connectivity index (χ0) is 25.6. The Morgan fingerprint density at radius 2 is 1.54 bits per heavy atom. The van der Waals surface area contributed by atoms with Crippen LogP contribution in [-0.4, -0.2) is 46.3 Å². The van der Waals surface area contributed by atoms with Crippen molar-refractivity contribution in [1.82, 2.24) is 15.5 Å². The zero-order valence-corrected chi connectivity index (χ0v) is 21.6. The summed E-state index contributed by atoms with van der Waals surface area (Å²) in [6, 6.07) is 17.5. The number of nitrogens with zero attached hydrogens (tertiary/aromatic N) is 1. The Morgan fingerprint density at radius 1 is 0.971 bits per heavy atom. The highest BCUT2D eigenvalue weighted by atomic mass is 16.2. The molecule has 188 valence electrons.